The van der Waals surface area contributed by atoms with Crippen LogP contribution in [-0.2, 0) is 6.54 Å². The fraction of sp³-hybridized carbons (Fsp3) is 0.438. The fourth-order valence-corrected chi connectivity index (χ4v) is 2.67. The van der Waals surface area contributed by atoms with Crippen molar-refractivity contribution in [2.75, 3.05) is 13.3 Å². The van der Waals surface area contributed by atoms with Crippen LogP contribution < -0.4 is 14.8 Å². The standard InChI is InChI=1S/C16H20N2O3/c1-11(2)13-4-3-7-18(13)16(19)17-9-12-5-6-14-15(8-12)21-10-20-14/h3-6,8,11,13H,7,9-10H2,1-2H3,(H,17,19). The largest absolute Gasteiger partial charge is 0.454 e. The Hall–Kier alpha value is -2.17. The number of nitrogens with zero attached hydrogens (tertiary/aromatic N) is 1. The Labute approximate surface area is 124 Å². The summed E-state index contributed by atoms with van der Waals surface area (Å²) in [5.74, 6) is 1.92. The van der Waals surface area contributed by atoms with Crippen molar-refractivity contribution in [3.05, 3.63) is 35.9 Å². The maximum absolute atomic E-state index is 12.3. The van der Waals surface area contributed by atoms with Crippen LogP contribution in [0.2, 0.25) is 0 Å². The molecule has 1 aromatic rings. The van der Waals surface area contributed by atoms with Crippen molar-refractivity contribution in [3.8, 4) is 11.5 Å². The highest BCUT2D eigenvalue weighted by atomic mass is 16.7. The number of fused-ring (bicyclic) bond motifs is 1. The highest BCUT2D eigenvalue weighted by molar-refractivity contribution is 5.75. The van der Waals surface area contributed by atoms with Gasteiger partial charge in [-0.2, -0.15) is 0 Å². The van der Waals surface area contributed by atoms with E-state index in [-0.39, 0.29) is 18.9 Å². The second kappa shape index (κ2) is 5.68. The molecule has 0 aromatic heterocycles. The normalized spacial score (nSPS) is 19.4. The quantitative estimate of drug-likeness (QED) is 0.870. The first-order chi connectivity index (χ1) is 10.1. The maximum Gasteiger partial charge on any atom is 0.318 e. The zero-order valence-electron chi connectivity index (χ0n) is 12.3. The lowest BCUT2D eigenvalue weighted by molar-refractivity contribution is 0.174. The Bertz CT molecular complexity index is 569. The van der Waals surface area contributed by atoms with E-state index in [1.807, 2.05) is 29.2 Å². The SMILES string of the molecule is CC(C)C1C=CCN1C(=O)NCc1ccc2c(c1)OCO2. The minimum Gasteiger partial charge on any atom is -0.454 e. The highest BCUT2D eigenvalue weighted by Gasteiger charge is 2.26. The molecule has 1 N–H and O–H groups in total. The molecule has 2 aliphatic heterocycles. The van der Waals surface area contributed by atoms with Gasteiger partial charge in [-0.25, -0.2) is 4.79 Å². The predicted octanol–water partition coefficient (Wildman–Crippen LogP) is 2.52. The number of carbonyl (C=O) groups excluding carboxylic acids is 1. The van der Waals surface area contributed by atoms with Gasteiger partial charge in [0.15, 0.2) is 11.5 Å². The maximum atomic E-state index is 12.3. The molecule has 0 radical (unpaired) electrons. The molecule has 1 aromatic carbocycles. The monoisotopic (exact) mass is 288 g/mol. The summed E-state index contributed by atoms with van der Waals surface area (Å²) in [4.78, 5) is 14.1. The summed E-state index contributed by atoms with van der Waals surface area (Å²) in [7, 11) is 0. The lowest BCUT2D eigenvalue weighted by Gasteiger charge is -2.27. The molecule has 1 unspecified atom stereocenters. The number of hydrogen-bond acceptors (Lipinski definition) is 3. The summed E-state index contributed by atoms with van der Waals surface area (Å²) in [6.07, 6.45) is 4.15. The Kier molecular flexibility index (Phi) is 3.73. The summed E-state index contributed by atoms with van der Waals surface area (Å²) in [6, 6.07) is 5.87. The van der Waals surface area contributed by atoms with Crippen LogP contribution in [0.25, 0.3) is 0 Å². The van der Waals surface area contributed by atoms with E-state index in [9.17, 15) is 4.79 Å². The molecule has 0 fully saturated rings. The molecule has 2 heterocycles. The van der Waals surface area contributed by atoms with Gasteiger partial charge >= 0.3 is 6.03 Å². The van der Waals surface area contributed by atoms with Gasteiger partial charge in [0.2, 0.25) is 6.79 Å². The van der Waals surface area contributed by atoms with Crippen LogP contribution in [0, 0.1) is 5.92 Å². The minimum absolute atomic E-state index is 0.0311. The molecule has 1 atom stereocenters. The molecule has 3 rings (SSSR count). The van der Waals surface area contributed by atoms with Gasteiger partial charge in [0, 0.05) is 13.1 Å². The topological polar surface area (TPSA) is 50.8 Å². The number of carbonyl (C=O) groups is 1. The molecule has 0 aliphatic carbocycles. The van der Waals surface area contributed by atoms with Crippen LogP contribution >= 0.6 is 0 Å². The molecular weight excluding hydrogens is 268 g/mol. The number of urea groups is 1. The van der Waals surface area contributed by atoms with Crippen LogP contribution in [0.3, 0.4) is 0 Å². The van der Waals surface area contributed by atoms with Crippen molar-refractivity contribution >= 4 is 6.03 Å². The second-order valence-corrected chi connectivity index (χ2v) is 5.66. The number of ether oxygens (including phenoxy) is 2. The van der Waals surface area contributed by atoms with Gasteiger partial charge in [0.1, 0.15) is 0 Å². The molecule has 0 saturated carbocycles. The first-order valence-electron chi connectivity index (χ1n) is 7.25. The molecule has 0 bridgehead atoms. The van der Waals surface area contributed by atoms with E-state index in [4.69, 9.17) is 9.47 Å². The first kappa shape index (κ1) is 13.8. The summed E-state index contributed by atoms with van der Waals surface area (Å²) < 4.78 is 10.6. The van der Waals surface area contributed by atoms with Crippen LogP contribution in [0.1, 0.15) is 19.4 Å². The van der Waals surface area contributed by atoms with Gasteiger partial charge < -0.3 is 19.7 Å². The zero-order chi connectivity index (χ0) is 14.8. The summed E-state index contributed by atoms with van der Waals surface area (Å²) in [5, 5.41) is 2.97. The van der Waals surface area contributed by atoms with Crippen LogP contribution in [0.4, 0.5) is 4.79 Å². The lowest BCUT2D eigenvalue weighted by Crippen LogP contribution is -2.44. The molecule has 0 spiro atoms. The van der Waals surface area contributed by atoms with Crippen LogP contribution in [-0.4, -0.2) is 30.3 Å². The van der Waals surface area contributed by atoms with Crippen molar-refractivity contribution in [1.82, 2.24) is 10.2 Å². The van der Waals surface area contributed by atoms with Gasteiger partial charge in [-0.15, -0.1) is 0 Å². The average molecular weight is 288 g/mol. The highest BCUT2D eigenvalue weighted by Crippen LogP contribution is 2.32. The summed E-state index contributed by atoms with van der Waals surface area (Å²) in [5.41, 5.74) is 1.00. The van der Waals surface area contributed by atoms with Crippen LogP contribution in [0.5, 0.6) is 11.5 Å². The predicted molar refractivity (Wildman–Crippen MR) is 79.3 cm³/mol. The zero-order valence-corrected chi connectivity index (χ0v) is 12.3. The third-order valence-electron chi connectivity index (χ3n) is 3.82. The van der Waals surface area contributed by atoms with Crippen molar-refractivity contribution in [3.63, 3.8) is 0 Å². The van der Waals surface area contributed by atoms with Crippen LogP contribution in [0.15, 0.2) is 30.4 Å². The second-order valence-electron chi connectivity index (χ2n) is 5.66. The number of amides is 2. The van der Waals surface area contributed by atoms with Gasteiger partial charge in [-0.1, -0.05) is 32.1 Å². The Morgan fingerprint density at radius 2 is 2.19 bits per heavy atom. The lowest BCUT2D eigenvalue weighted by atomic mass is 10.1. The van der Waals surface area contributed by atoms with E-state index in [0.29, 0.717) is 19.0 Å². The first-order valence-corrected chi connectivity index (χ1v) is 7.25. The third kappa shape index (κ3) is 2.82. The molecule has 0 saturated heterocycles. The number of hydrogen-bond donors (Lipinski definition) is 1. The molecule has 5 nitrogen and oxygen atoms in total. The van der Waals surface area contributed by atoms with E-state index in [2.05, 4.69) is 25.2 Å². The van der Waals surface area contributed by atoms with Crippen molar-refractivity contribution in [1.29, 1.82) is 0 Å². The van der Waals surface area contributed by atoms with Crippen molar-refractivity contribution < 1.29 is 14.3 Å². The fourth-order valence-electron chi connectivity index (χ4n) is 2.67. The Morgan fingerprint density at radius 3 is 3.00 bits per heavy atom. The smallest absolute Gasteiger partial charge is 0.318 e. The van der Waals surface area contributed by atoms with E-state index >= 15 is 0 Å². The van der Waals surface area contributed by atoms with E-state index in [1.54, 1.807) is 0 Å². The molecule has 21 heavy (non-hydrogen) atoms. The Morgan fingerprint density at radius 1 is 1.38 bits per heavy atom. The van der Waals surface area contributed by atoms with Gasteiger partial charge in [0.25, 0.3) is 0 Å². The number of benzene rings is 1. The molecule has 2 amide bonds. The van der Waals surface area contributed by atoms with Gasteiger partial charge in [0.05, 0.1) is 6.04 Å². The molecule has 2 aliphatic rings. The molecule has 112 valence electrons. The molecular formula is C16H20N2O3. The van der Waals surface area contributed by atoms with Gasteiger partial charge in [-0.3, -0.25) is 0 Å². The summed E-state index contributed by atoms with van der Waals surface area (Å²) in [6.45, 7) is 5.67. The average Bonchev–Trinajstić information content (AvgIpc) is 3.12. The summed E-state index contributed by atoms with van der Waals surface area (Å²) >= 11 is 0. The van der Waals surface area contributed by atoms with Crippen molar-refractivity contribution in [2.24, 2.45) is 5.92 Å². The number of nitrogens with one attached hydrogen (secondary N) is 1. The number of rotatable bonds is 3. The van der Waals surface area contributed by atoms with E-state index in [0.717, 1.165) is 17.1 Å². The Balaban J connectivity index is 1.59. The third-order valence-corrected chi connectivity index (χ3v) is 3.82. The van der Waals surface area contributed by atoms with E-state index in [1.165, 1.54) is 0 Å². The van der Waals surface area contributed by atoms with E-state index < -0.39 is 0 Å². The van der Waals surface area contributed by atoms with Gasteiger partial charge in [-0.05, 0) is 23.6 Å². The minimum atomic E-state index is -0.0311. The molecule has 5 heteroatoms. The van der Waals surface area contributed by atoms with Crippen molar-refractivity contribution in [2.45, 2.75) is 26.4 Å².